The standard InChI is InChI=1S/C14H22N4O2/c1-11(2)17-14(20)16-8-9-18(12(3)19)10-13-4-6-15-7-5-13/h4-7,11H,8-10H2,1-3H3,(H2,16,17,20). The van der Waals surface area contributed by atoms with Crippen LogP contribution in [0.4, 0.5) is 4.79 Å². The van der Waals surface area contributed by atoms with Gasteiger partial charge in [-0.05, 0) is 31.5 Å². The van der Waals surface area contributed by atoms with Crippen LogP contribution in [0.1, 0.15) is 26.3 Å². The lowest BCUT2D eigenvalue weighted by Crippen LogP contribution is -2.43. The molecule has 110 valence electrons. The summed E-state index contributed by atoms with van der Waals surface area (Å²) in [5.74, 6) is -0.0205. The number of nitrogens with zero attached hydrogens (tertiary/aromatic N) is 2. The lowest BCUT2D eigenvalue weighted by Gasteiger charge is -2.21. The van der Waals surface area contributed by atoms with Crippen LogP contribution in [0, 0.1) is 0 Å². The minimum atomic E-state index is -0.215. The highest BCUT2D eigenvalue weighted by molar-refractivity contribution is 5.75. The Morgan fingerprint density at radius 3 is 2.50 bits per heavy atom. The molecule has 0 radical (unpaired) electrons. The number of hydrogen-bond donors (Lipinski definition) is 2. The molecule has 0 aromatic carbocycles. The minimum Gasteiger partial charge on any atom is -0.337 e. The second-order valence-electron chi connectivity index (χ2n) is 4.85. The molecule has 0 saturated carbocycles. The summed E-state index contributed by atoms with van der Waals surface area (Å²) >= 11 is 0. The molecule has 0 unspecified atom stereocenters. The molecule has 3 amide bonds. The van der Waals surface area contributed by atoms with Gasteiger partial charge in [0.25, 0.3) is 0 Å². The molecule has 0 fully saturated rings. The molecule has 0 atom stereocenters. The van der Waals surface area contributed by atoms with Gasteiger partial charge in [0.15, 0.2) is 0 Å². The highest BCUT2D eigenvalue weighted by atomic mass is 16.2. The smallest absolute Gasteiger partial charge is 0.315 e. The van der Waals surface area contributed by atoms with E-state index < -0.39 is 0 Å². The summed E-state index contributed by atoms with van der Waals surface area (Å²) in [6.45, 7) is 6.73. The Morgan fingerprint density at radius 2 is 1.95 bits per heavy atom. The number of rotatable bonds is 6. The molecule has 1 aromatic heterocycles. The molecule has 1 rings (SSSR count). The van der Waals surface area contributed by atoms with Crippen LogP contribution in [-0.2, 0) is 11.3 Å². The molecule has 2 N–H and O–H groups in total. The summed E-state index contributed by atoms with van der Waals surface area (Å²) in [5.41, 5.74) is 1.02. The number of nitrogens with one attached hydrogen (secondary N) is 2. The molecular formula is C14H22N4O2. The molecule has 6 heteroatoms. The van der Waals surface area contributed by atoms with Crippen LogP contribution < -0.4 is 10.6 Å². The van der Waals surface area contributed by atoms with Gasteiger partial charge in [-0.3, -0.25) is 9.78 Å². The maximum atomic E-state index is 11.6. The lowest BCUT2D eigenvalue weighted by molar-refractivity contribution is -0.129. The van der Waals surface area contributed by atoms with E-state index in [0.717, 1.165) is 5.56 Å². The largest absolute Gasteiger partial charge is 0.337 e. The van der Waals surface area contributed by atoms with Crippen molar-refractivity contribution in [3.63, 3.8) is 0 Å². The van der Waals surface area contributed by atoms with E-state index >= 15 is 0 Å². The Morgan fingerprint density at radius 1 is 1.30 bits per heavy atom. The number of hydrogen-bond acceptors (Lipinski definition) is 3. The monoisotopic (exact) mass is 278 g/mol. The minimum absolute atomic E-state index is 0.0205. The van der Waals surface area contributed by atoms with Crippen molar-refractivity contribution in [1.29, 1.82) is 0 Å². The van der Waals surface area contributed by atoms with Crippen LogP contribution in [0.25, 0.3) is 0 Å². The molecule has 1 aromatic rings. The summed E-state index contributed by atoms with van der Waals surface area (Å²) in [4.78, 5) is 28.6. The number of amides is 3. The Bertz CT molecular complexity index is 434. The van der Waals surface area contributed by atoms with E-state index in [2.05, 4.69) is 15.6 Å². The molecule has 1 heterocycles. The second-order valence-corrected chi connectivity index (χ2v) is 4.85. The van der Waals surface area contributed by atoms with Gasteiger partial charge in [0.1, 0.15) is 0 Å². The molecule has 0 aliphatic heterocycles. The van der Waals surface area contributed by atoms with Crippen molar-refractivity contribution in [2.45, 2.75) is 33.4 Å². The topological polar surface area (TPSA) is 74.3 Å². The quantitative estimate of drug-likeness (QED) is 0.819. The van der Waals surface area contributed by atoms with E-state index in [0.29, 0.717) is 19.6 Å². The highest BCUT2D eigenvalue weighted by Gasteiger charge is 2.10. The van der Waals surface area contributed by atoms with E-state index in [1.807, 2.05) is 26.0 Å². The van der Waals surface area contributed by atoms with Crippen molar-refractivity contribution in [2.75, 3.05) is 13.1 Å². The average molecular weight is 278 g/mol. The predicted octanol–water partition coefficient (Wildman–Crippen LogP) is 1.14. The summed E-state index contributed by atoms with van der Waals surface area (Å²) in [6.07, 6.45) is 3.39. The first kappa shape index (κ1) is 15.9. The Labute approximate surface area is 119 Å². The molecule has 0 saturated heterocycles. The SMILES string of the molecule is CC(=O)N(CCNC(=O)NC(C)C)Cc1ccncc1. The van der Waals surface area contributed by atoms with Crippen molar-refractivity contribution >= 4 is 11.9 Å². The zero-order valence-corrected chi connectivity index (χ0v) is 12.2. The first-order chi connectivity index (χ1) is 9.49. The number of carbonyl (C=O) groups excluding carboxylic acids is 2. The fourth-order valence-electron chi connectivity index (χ4n) is 1.67. The third kappa shape index (κ3) is 6.17. The van der Waals surface area contributed by atoms with Crippen molar-refractivity contribution in [3.8, 4) is 0 Å². The third-order valence-electron chi connectivity index (χ3n) is 2.66. The maximum absolute atomic E-state index is 11.6. The van der Waals surface area contributed by atoms with Gasteiger partial charge in [-0.15, -0.1) is 0 Å². The van der Waals surface area contributed by atoms with Crippen LogP contribution in [-0.4, -0.2) is 41.0 Å². The molecule has 0 aliphatic rings. The van der Waals surface area contributed by atoms with E-state index in [4.69, 9.17) is 0 Å². The number of pyridine rings is 1. The first-order valence-corrected chi connectivity index (χ1v) is 6.68. The number of urea groups is 1. The van der Waals surface area contributed by atoms with Crippen molar-refractivity contribution in [2.24, 2.45) is 0 Å². The fraction of sp³-hybridized carbons (Fsp3) is 0.500. The summed E-state index contributed by atoms with van der Waals surface area (Å²) < 4.78 is 0. The number of carbonyl (C=O) groups is 2. The first-order valence-electron chi connectivity index (χ1n) is 6.68. The molecule has 0 spiro atoms. The molecule has 6 nitrogen and oxygen atoms in total. The molecule has 20 heavy (non-hydrogen) atoms. The zero-order chi connectivity index (χ0) is 15.0. The van der Waals surface area contributed by atoms with Crippen LogP contribution in [0.5, 0.6) is 0 Å². The van der Waals surface area contributed by atoms with Gasteiger partial charge in [0, 0.05) is 45.0 Å². The second kappa shape index (κ2) is 8.14. The maximum Gasteiger partial charge on any atom is 0.315 e. The predicted molar refractivity (Wildman–Crippen MR) is 77.0 cm³/mol. The third-order valence-corrected chi connectivity index (χ3v) is 2.66. The normalized spacial score (nSPS) is 10.2. The van der Waals surface area contributed by atoms with Gasteiger partial charge in [0.2, 0.25) is 5.91 Å². The Balaban J connectivity index is 2.40. The van der Waals surface area contributed by atoms with Gasteiger partial charge in [-0.2, -0.15) is 0 Å². The van der Waals surface area contributed by atoms with Crippen molar-refractivity contribution < 1.29 is 9.59 Å². The summed E-state index contributed by atoms with van der Waals surface area (Å²) in [7, 11) is 0. The van der Waals surface area contributed by atoms with Gasteiger partial charge in [-0.25, -0.2) is 4.79 Å². The number of aromatic nitrogens is 1. The highest BCUT2D eigenvalue weighted by Crippen LogP contribution is 2.02. The Kier molecular flexibility index (Phi) is 6.49. The lowest BCUT2D eigenvalue weighted by atomic mass is 10.2. The van der Waals surface area contributed by atoms with Crippen LogP contribution in [0.15, 0.2) is 24.5 Å². The van der Waals surface area contributed by atoms with Crippen LogP contribution in [0.2, 0.25) is 0 Å². The van der Waals surface area contributed by atoms with Gasteiger partial charge < -0.3 is 15.5 Å². The van der Waals surface area contributed by atoms with Crippen molar-refractivity contribution in [1.82, 2.24) is 20.5 Å². The van der Waals surface area contributed by atoms with Crippen molar-refractivity contribution in [3.05, 3.63) is 30.1 Å². The van der Waals surface area contributed by atoms with Crippen LogP contribution in [0.3, 0.4) is 0 Å². The van der Waals surface area contributed by atoms with Gasteiger partial charge in [-0.1, -0.05) is 0 Å². The van der Waals surface area contributed by atoms with Gasteiger partial charge in [0.05, 0.1) is 0 Å². The molecular weight excluding hydrogens is 256 g/mol. The van der Waals surface area contributed by atoms with Gasteiger partial charge >= 0.3 is 6.03 Å². The Hall–Kier alpha value is -2.11. The van der Waals surface area contributed by atoms with E-state index in [9.17, 15) is 9.59 Å². The average Bonchev–Trinajstić information content (AvgIpc) is 2.37. The summed E-state index contributed by atoms with van der Waals surface area (Å²) in [5, 5.41) is 5.46. The fourth-order valence-corrected chi connectivity index (χ4v) is 1.67. The molecule has 0 aliphatic carbocycles. The zero-order valence-electron chi connectivity index (χ0n) is 12.2. The molecule has 0 bridgehead atoms. The van der Waals surface area contributed by atoms with Crippen LogP contribution >= 0.6 is 0 Å². The van der Waals surface area contributed by atoms with E-state index in [-0.39, 0.29) is 18.0 Å². The summed E-state index contributed by atoms with van der Waals surface area (Å²) in [6, 6.07) is 3.62. The van der Waals surface area contributed by atoms with E-state index in [1.54, 1.807) is 17.3 Å². The van der Waals surface area contributed by atoms with E-state index in [1.165, 1.54) is 6.92 Å².